The summed E-state index contributed by atoms with van der Waals surface area (Å²) in [5.74, 6) is -1.05. The quantitative estimate of drug-likeness (QED) is 0.727. The van der Waals surface area contributed by atoms with Gasteiger partial charge in [-0.05, 0) is 38.5 Å². The van der Waals surface area contributed by atoms with Crippen molar-refractivity contribution < 1.29 is 27.8 Å². The van der Waals surface area contributed by atoms with E-state index in [4.69, 9.17) is 5.73 Å². The van der Waals surface area contributed by atoms with Gasteiger partial charge in [0.1, 0.15) is 0 Å². The number of anilines is 1. The number of nitrogens with one attached hydrogen (secondary N) is 1. The number of nitrogen functional groups attached to an aromatic ring is 1. The first-order valence-electron chi connectivity index (χ1n) is 6.22. The SMILES string of the molecule is CC(O)CC(C)NC(=O)c1ccc(OC(F)(F)F)c(N)c1. The lowest BCUT2D eigenvalue weighted by Crippen LogP contribution is -2.34. The summed E-state index contributed by atoms with van der Waals surface area (Å²) >= 11 is 0. The highest BCUT2D eigenvalue weighted by atomic mass is 19.4. The molecule has 5 nitrogen and oxygen atoms in total. The number of aliphatic hydroxyl groups is 1. The first-order chi connectivity index (χ1) is 9.58. The van der Waals surface area contributed by atoms with Gasteiger partial charge in [-0.25, -0.2) is 0 Å². The van der Waals surface area contributed by atoms with E-state index in [-0.39, 0.29) is 17.3 Å². The molecule has 0 radical (unpaired) electrons. The highest BCUT2D eigenvalue weighted by molar-refractivity contribution is 5.95. The van der Waals surface area contributed by atoms with Crippen LogP contribution in [0.5, 0.6) is 5.75 Å². The number of benzene rings is 1. The third-order valence-electron chi connectivity index (χ3n) is 2.57. The number of carbonyl (C=O) groups is 1. The maximum Gasteiger partial charge on any atom is 0.573 e. The van der Waals surface area contributed by atoms with E-state index in [2.05, 4.69) is 10.1 Å². The Morgan fingerprint density at radius 3 is 2.52 bits per heavy atom. The van der Waals surface area contributed by atoms with Gasteiger partial charge in [0.2, 0.25) is 0 Å². The molecule has 0 saturated heterocycles. The molecular formula is C13H17F3N2O3. The van der Waals surface area contributed by atoms with Crippen molar-refractivity contribution in [2.24, 2.45) is 0 Å². The number of halogens is 3. The largest absolute Gasteiger partial charge is 0.573 e. The molecule has 2 atom stereocenters. The van der Waals surface area contributed by atoms with Crippen LogP contribution in [0.2, 0.25) is 0 Å². The smallest absolute Gasteiger partial charge is 0.404 e. The van der Waals surface area contributed by atoms with E-state index < -0.39 is 24.1 Å². The molecule has 21 heavy (non-hydrogen) atoms. The average molecular weight is 306 g/mol. The second-order valence-corrected chi connectivity index (χ2v) is 4.76. The molecular weight excluding hydrogens is 289 g/mol. The zero-order valence-corrected chi connectivity index (χ0v) is 11.6. The van der Waals surface area contributed by atoms with Crippen molar-refractivity contribution in [2.45, 2.75) is 38.8 Å². The van der Waals surface area contributed by atoms with E-state index >= 15 is 0 Å². The van der Waals surface area contributed by atoms with E-state index in [1.807, 2.05) is 0 Å². The Bertz CT molecular complexity index is 504. The monoisotopic (exact) mass is 306 g/mol. The highest BCUT2D eigenvalue weighted by Gasteiger charge is 2.32. The first-order valence-corrected chi connectivity index (χ1v) is 6.22. The molecule has 0 fully saturated rings. The van der Waals surface area contributed by atoms with Crippen molar-refractivity contribution in [3.63, 3.8) is 0 Å². The van der Waals surface area contributed by atoms with Crippen LogP contribution in [0.1, 0.15) is 30.6 Å². The fourth-order valence-corrected chi connectivity index (χ4v) is 1.79. The molecule has 4 N–H and O–H groups in total. The molecule has 2 unspecified atom stereocenters. The van der Waals surface area contributed by atoms with Crippen molar-refractivity contribution in [3.05, 3.63) is 23.8 Å². The predicted octanol–water partition coefficient (Wildman–Crippen LogP) is 2.06. The normalized spacial score (nSPS) is 14.4. The fraction of sp³-hybridized carbons (Fsp3) is 0.462. The Balaban J connectivity index is 2.77. The third-order valence-corrected chi connectivity index (χ3v) is 2.57. The Morgan fingerprint density at radius 2 is 2.05 bits per heavy atom. The van der Waals surface area contributed by atoms with Gasteiger partial charge in [0.15, 0.2) is 5.75 Å². The number of ether oxygens (including phenoxy) is 1. The standard InChI is InChI=1S/C13H17F3N2O3/c1-7(5-8(2)19)18-12(20)9-3-4-11(10(17)6-9)21-13(14,15)16/h3-4,6-8,19H,5,17H2,1-2H3,(H,18,20). The molecule has 0 aliphatic carbocycles. The van der Waals surface area contributed by atoms with Gasteiger partial charge < -0.3 is 20.9 Å². The van der Waals surface area contributed by atoms with Gasteiger partial charge in [-0.2, -0.15) is 0 Å². The summed E-state index contributed by atoms with van der Waals surface area (Å²) in [6, 6.07) is 2.98. The third kappa shape index (κ3) is 5.90. The van der Waals surface area contributed by atoms with Crippen molar-refractivity contribution in [1.29, 1.82) is 0 Å². The minimum Gasteiger partial charge on any atom is -0.404 e. The predicted molar refractivity (Wildman–Crippen MR) is 70.8 cm³/mol. The Kier molecular flexibility index (Phi) is 5.42. The summed E-state index contributed by atoms with van der Waals surface area (Å²) in [5.41, 5.74) is 5.25. The van der Waals surface area contributed by atoms with Crippen molar-refractivity contribution in [2.75, 3.05) is 5.73 Å². The topological polar surface area (TPSA) is 84.6 Å². The van der Waals surface area contributed by atoms with Gasteiger partial charge in [-0.3, -0.25) is 4.79 Å². The van der Waals surface area contributed by atoms with Crippen LogP contribution in [0.25, 0.3) is 0 Å². The maximum absolute atomic E-state index is 12.1. The first kappa shape index (κ1) is 17.1. The van der Waals surface area contributed by atoms with Gasteiger partial charge in [0.05, 0.1) is 11.8 Å². The molecule has 1 aromatic carbocycles. The van der Waals surface area contributed by atoms with Crippen molar-refractivity contribution in [1.82, 2.24) is 5.32 Å². The fourth-order valence-electron chi connectivity index (χ4n) is 1.79. The average Bonchev–Trinajstić information content (AvgIpc) is 2.28. The number of carbonyl (C=O) groups excluding carboxylic acids is 1. The summed E-state index contributed by atoms with van der Waals surface area (Å²) in [7, 11) is 0. The van der Waals surface area contributed by atoms with E-state index in [0.29, 0.717) is 6.42 Å². The molecule has 1 amide bonds. The molecule has 0 aliphatic heterocycles. The molecule has 0 aromatic heterocycles. The highest BCUT2D eigenvalue weighted by Crippen LogP contribution is 2.28. The second kappa shape index (κ2) is 6.66. The van der Waals surface area contributed by atoms with Crippen LogP contribution in [-0.4, -0.2) is 29.5 Å². The summed E-state index contributed by atoms with van der Waals surface area (Å²) in [6.45, 7) is 3.29. The molecule has 0 saturated carbocycles. The summed E-state index contributed by atoms with van der Waals surface area (Å²) < 4.78 is 40.0. The van der Waals surface area contributed by atoms with E-state index in [1.165, 1.54) is 6.07 Å². The van der Waals surface area contributed by atoms with Crippen LogP contribution in [0.15, 0.2) is 18.2 Å². The molecule has 1 aromatic rings. The number of hydrogen-bond acceptors (Lipinski definition) is 4. The van der Waals surface area contributed by atoms with Gasteiger partial charge in [-0.15, -0.1) is 13.2 Å². The Hall–Kier alpha value is -1.96. The summed E-state index contributed by atoms with van der Waals surface area (Å²) in [4.78, 5) is 11.9. The lowest BCUT2D eigenvalue weighted by Gasteiger charge is -2.16. The van der Waals surface area contributed by atoms with Gasteiger partial charge in [0, 0.05) is 11.6 Å². The van der Waals surface area contributed by atoms with Gasteiger partial charge >= 0.3 is 6.36 Å². The zero-order chi connectivity index (χ0) is 16.2. The van der Waals surface area contributed by atoms with Crippen LogP contribution < -0.4 is 15.8 Å². The minimum absolute atomic E-state index is 0.111. The molecule has 0 heterocycles. The number of alkyl halides is 3. The Morgan fingerprint density at radius 1 is 1.43 bits per heavy atom. The summed E-state index contributed by atoms with van der Waals surface area (Å²) in [6.07, 6.45) is -5.06. The van der Waals surface area contributed by atoms with Crippen LogP contribution in [-0.2, 0) is 0 Å². The van der Waals surface area contributed by atoms with Crippen molar-refractivity contribution >= 4 is 11.6 Å². The molecule has 1 rings (SSSR count). The van der Waals surface area contributed by atoms with Crippen LogP contribution in [0, 0.1) is 0 Å². The molecule has 0 spiro atoms. The van der Waals surface area contributed by atoms with Gasteiger partial charge in [0.25, 0.3) is 5.91 Å². The number of aliphatic hydroxyl groups excluding tert-OH is 1. The molecule has 0 bridgehead atoms. The Labute approximate surface area is 119 Å². The zero-order valence-electron chi connectivity index (χ0n) is 11.6. The number of rotatable bonds is 5. The number of amides is 1. The van der Waals surface area contributed by atoms with Crippen molar-refractivity contribution in [3.8, 4) is 5.75 Å². The van der Waals surface area contributed by atoms with Crippen LogP contribution >= 0.6 is 0 Å². The van der Waals surface area contributed by atoms with E-state index in [1.54, 1.807) is 13.8 Å². The molecule has 118 valence electrons. The maximum atomic E-state index is 12.1. The summed E-state index contributed by atoms with van der Waals surface area (Å²) in [5, 5.41) is 11.8. The number of hydrogen-bond donors (Lipinski definition) is 3. The van der Waals surface area contributed by atoms with E-state index in [9.17, 15) is 23.1 Å². The van der Waals surface area contributed by atoms with Crippen LogP contribution in [0.4, 0.5) is 18.9 Å². The number of nitrogens with two attached hydrogens (primary N) is 1. The second-order valence-electron chi connectivity index (χ2n) is 4.76. The minimum atomic E-state index is -4.84. The molecule has 0 aliphatic rings. The lowest BCUT2D eigenvalue weighted by molar-refractivity contribution is -0.274. The van der Waals surface area contributed by atoms with Crippen LogP contribution in [0.3, 0.4) is 0 Å². The van der Waals surface area contributed by atoms with Gasteiger partial charge in [-0.1, -0.05) is 0 Å². The lowest BCUT2D eigenvalue weighted by atomic mass is 10.1. The van der Waals surface area contributed by atoms with E-state index in [0.717, 1.165) is 12.1 Å². The molecule has 8 heteroatoms.